The van der Waals surface area contributed by atoms with Crippen LogP contribution in [-0.4, -0.2) is 64.6 Å². The Bertz CT molecular complexity index is 1380. The van der Waals surface area contributed by atoms with Gasteiger partial charge >= 0.3 is 5.97 Å². The Labute approximate surface area is 253 Å². The number of allylic oxidation sites excluding steroid dienone is 2. The smallest absolute Gasteiger partial charge is 0.309 e. The van der Waals surface area contributed by atoms with E-state index >= 15 is 0 Å². The first kappa shape index (κ1) is 31.8. The maximum absolute atomic E-state index is 13.6. The molecule has 0 spiro atoms. The molecule has 43 heavy (non-hydrogen) atoms. The van der Waals surface area contributed by atoms with E-state index in [9.17, 15) is 19.5 Å². The second-order valence-electron chi connectivity index (χ2n) is 11.3. The molecule has 0 saturated carbocycles. The summed E-state index contributed by atoms with van der Waals surface area (Å²) in [4.78, 5) is 44.9. The number of aliphatic hydroxyl groups is 1. The van der Waals surface area contributed by atoms with Gasteiger partial charge in [-0.15, -0.1) is 13.2 Å². The third-order valence-electron chi connectivity index (χ3n) is 8.18. The SMILES string of the molecule is C=CC[C@@H](CC(=O)N1CCC[C@H]1CO)C(=O)N[C@H](COC(=O)[C@@H](CC=C)Cc1ccccc1)Cc1c[nH]c2ccccc12. The van der Waals surface area contributed by atoms with Crippen molar-refractivity contribution in [1.82, 2.24) is 15.2 Å². The molecule has 3 N–H and O–H groups in total. The molecule has 1 aromatic heterocycles. The molecule has 1 aliphatic rings. The molecule has 2 aromatic carbocycles. The van der Waals surface area contributed by atoms with Crippen molar-refractivity contribution < 1.29 is 24.2 Å². The highest BCUT2D eigenvalue weighted by atomic mass is 16.5. The lowest BCUT2D eigenvalue weighted by Gasteiger charge is -2.26. The van der Waals surface area contributed by atoms with Gasteiger partial charge in [-0.05, 0) is 55.7 Å². The Morgan fingerprint density at radius 3 is 2.49 bits per heavy atom. The molecule has 1 saturated heterocycles. The lowest BCUT2D eigenvalue weighted by molar-refractivity contribution is -0.149. The van der Waals surface area contributed by atoms with Crippen LogP contribution in [0.15, 0.2) is 86.1 Å². The fraction of sp³-hybridized carbons (Fsp3) is 0.400. The van der Waals surface area contributed by atoms with Crippen molar-refractivity contribution in [2.24, 2.45) is 11.8 Å². The Morgan fingerprint density at radius 2 is 1.74 bits per heavy atom. The van der Waals surface area contributed by atoms with Crippen molar-refractivity contribution >= 4 is 28.7 Å². The number of rotatable bonds is 16. The number of benzene rings is 2. The van der Waals surface area contributed by atoms with Crippen LogP contribution >= 0.6 is 0 Å². The normalized spacial score (nSPS) is 16.8. The number of esters is 1. The Hall–Kier alpha value is -4.17. The summed E-state index contributed by atoms with van der Waals surface area (Å²) in [6, 6.07) is 17.0. The van der Waals surface area contributed by atoms with E-state index in [1.165, 1.54) is 0 Å². The van der Waals surface area contributed by atoms with Gasteiger partial charge < -0.3 is 25.0 Å². The molecule has 4 rings (SSSR count). The van der Waals surface area contributed by atoms with Gasteiger partial charge in [0.2, 0.25) is 11.8 Å². The number of aliphatic hydroxyl groups excluding tert-OH is 1. The second kappa shape index (κ2) is 15.9. The summed E-state index contributed by atoms with van der Waals surface area (Å²) >= 11 is 0. The molecule has 1 fully saturated rings. The maximum atomic E-state index is 13.6. The number of nitrogens with zero attached hydrogens (tertiary/aromatic N) is 1. The Balaban J connectivity index is 1.48. The first-order valence-corrected chi connectivity index (χ1v) is 15.1. The first-order chi connectivity index (χ1) is 20.9. The summed E-state index contributed by atoms with van der Waals surface area (Å²) in [6.07, 6.45) is 8.65. The van der Waals surface area contributed by atoms with E-state index in [0.29, 0.717) is 32.2 Å². The molecule has 8 nitrogen and oxygen atoms in total. The molecule has 2 heterocycles. The first-order valence-electron chi connectivity index (χ1n) is 15.1. The third-order valence-corrected chi connectivity index (χ3v) is 8.18. The zero-order valence-electron chi connectivity index (χ0n) is 24.8. The van der Waals surface area contributed by atoms with Gasteiger partial charge in [-0.25, -0.2) is 0 Å². The van der Waals surface area contributed by atoms with Crippen LogP contribution in [0.3, 0.4) is 0 Å². The van der Waals surface area contributed by atoms with Crippen LogP contribution < -0.4 is 5.32 Å². The molecule has 4 atom stereocenters. The fourth-order valence-electron chi connectivity index (χ4n) is 5.87. The number of ether oxygens (including phenoxy) is 1. The van der Waals surface area contributed by atoms with E-state index in [2.05, 4.69) is 23.5 Å². The Kier molecular flexibility index (Phi) is 11.7. The lowest BCUT2D eigenvalue weighted by atomic mass is 9.96. The van der Waals surface area contributed by atoms with Crippen LogP contribution in [0.4, 0.5) is 0 Å². The van der Waals surface area contributed by atoms with E-state index in [1.807, 2.05) is 60.8 Å². The van der Waals surface area contributed by atoms with Crippen LogP contribution in [0.1, 0.15) is 43.2 Å². The van der Waals surface area contributed by atoms with Gasteiger partial charge in [0, 0.05) is 30.1 Å². The van der Waals surface area contributed by atoms with Crippen molar-refractivity contribution in [2.45, 2.75) is 57.0 Å². The molecule has 1 aliphatic heterocycles. The number of hydrogen-bond donors (Lipinski definition) is 3. The summed E-state index contributed by atoms with van der Waals surface area (Å²) < 4.78 is 5.85. The highest BCUT2D eigenvalue weighted by molar-refractivity contribution is 5.87. The van der Waals surface area contributed by atoms with Gasteiger partial charge in [0.05, 0.1) is 30.5 Å². The standard InChI is InChI=1S/C35H43N3O5/c1-3-11-26(21-33(40)38-18-10-15-30(38)23-39)34(41)37-29(20-28-22-36-32-17-9-8-16-31(28)32)24-43-35(42)27(12-4-2)19-25-13-6-5-7-14-25/h3-9,13-14,16-17,22,26-27,29-30,36,39H,1-2,10-12,15,18-21,23-24H2,(H,37,41)/t26-,27-,29-,30-/m0/s1. The van der Waals surface area contributed by atoms with Crippen molar-refractivity contribution in [1.29, 1.82) is 0 Å². The van der Waals surface area contributed by atoms with Gasteiger partial charge in [0.25, 0.3) is 0 Å². The zero-order chi connectivity index (χ0) is 30.6. The van der Waals surface area contributed by atoms with E-state index in [0.717, 1.165) is 34.9 Å². The number of hydrogen-bond acceptors (Lipinski definition) is 5. The average molecular weight is 586 g/mol. The number of para-hydroxylation sites is 1. The fourth-order valence-corrected chi connectivity index (χ4v) is 5.87. The number of aromatic nitrogens is 1. The van der Waals surface area contributed by atoms with Gasteiger partial charge in [0.15, 0.2) is 0 Å². The van der Waals surface area contributed by atoms with Crippen molar-refractivity contribution in [3.8, 4) is 0 Å². The van der Waals surface area contributed by atoms with E-state index < -0.39 is 17.9 Å². The van der Waals surface area contributed by atoms with Crippen LogP contribution in [0.2, 0.25) is 0 Å². The third kappa shape index (κ3) is 8.67. The van der Waals surface area contributed by atoms with Crippen molar-refractivity contribution in [2.75, 3.05) is 19.8 Å². The quantitative estimate of drug-likeness (QED) is 0.166. The van der Waals surface area contributed by atoms with Crippen molar-refractivity contribution in [3.63, 3.8) is 0 Å². The minimum Gasteiger partial charge on any atom is -0.463 e. The van der Waals surface area contributed by atoms with E-state index in [4.69, 9.17) is 4.74 Å². The zero-order valence-corrected chi connectivity index (χ0v) is 24.8. The monoisotopic (exact) mass is 585 g/mol. The number of likely N-dealkylation sites (tertiary alicyclic amines) is 1. The summed E-state index contributed by atoms with van der Waals surface area (Å²) in [5, 5.41) is 13.8. The van der Waals surface area contributed by atoms with Crippen LogP contribution in [0.5, 0.6) is 0 Å². The van der Waals surface area contributed by atoms with Gasteiger partial charge in [-0.2, -0.15) is 0 Å². The highest BCUT2D eigenvalue weighted by Gasteiger charge is 2.32. The summed E-state index contributed by atoms with van der Waals surface area (Å²) in [6.45, 7) is 8.10. The molecular weight excluding hydrogens is 542 g/mol. The number of carbonyl (C=O) groups is 3. The number of carbonyl (C=O) groups excluding carboxylic acids is 3. The summed E-state index contributed by atoms with van der Waals surface area (Å²) in [5.74, 6) is -1.80. The predicted molar refractivity (Wildman–Crippen MR) is 168 cm³/mol. The highest BCUT2D eigenvalue weighted by Crippen LogP contribution is 2.23. The second-order valence-corrected chi connectivity index (χ2v) is 11.3. The number of aromatic amines is 1. The van der Waals surface area contributed by atoms with Crippen LogP contribution in [-0.2, 0) is 32.0 Å². The van der Waals surface area contributed by atoms with E-state index in [-0.39, 0.29) is 43.5 Å². The molecule has 0 aliphatic carbocycles. The lowest BCUT2D eigenvalue weighted by Crippen LogP contribution is -2.45. The molecule has 0 radical (unpaired) electrons. The maximum Gasteiger partial charge on any atom is 0.309 e. The molecule has 0 unspecified atom stereocenters. The molecular formula is C35H43N3O5. The summed E-state index contributed by atoms with van der Waals surface area (Å²) in [7, 11) is 0. The predicted octanol–water partition coefficient (Wildman–Crippen LogP) is 4.74. The number of fused-ring (bicyclic) bond motifs is 1. The van der Waals surface area contributed by atoms with Crippen LogP contribution in [0.25, 0.3) is 10.9 Å². The van der Waals surface area contributed by atoms with Gasteiger partial charge in [0.1, 0.15) is 6.61 Å². The molecule has 3 aromatic rings. The van der Waals surface area contributed by atoms with Gasteiger partial charge in [-0.3, -0.25) is 14.4 Å². The van der Waals surface area contributed by atoms with E-state index in [1.54, 1.807) is 17.1 Å². The molecule has 2 amide bonds. The number of amides is 2. The number of H-pyrrole nitrogens is 1. The average Bonchev–Trinajstić information content (AvgIpc) is 3.67. The molecule has 8 heteroatoms. The molecule has 0 bridgehead atoms. The molecule has 228 valence electrons. The Morgan fingerprint density at radius 1 is 1.02 bits per heavy atom. The summed E-state index contributed by atoms with van der Waals surface area (Å²) in [5.41, 5.74) is 3.00. The number of nitrogens with one attached hydrogen (secondary N) is 2. The van der Waals surface area contributed by atoms with Gasteiger partial charge in [-0.1, -0.05) is 60.7 Å². The van der Waals surface area contributed by atoms with Crippen molar-refractivity contribution in [3.05, 3.63) is 97.2 Å². The minimum atomic E-state index is -0.627. The largest absolute Gasteiger partial charge is 0.463 e. The van der Waals surface area contributed by atoms with Crippen LogP contribution in [0, 0.1) is 11.8 Å². The topological polar surface area (TPSA) is 112 Å². The minimum absolute atomic E-state index is 0.0139.